The number of carboxylic acids is 1. The highest BCUT2D eigenvalue weighted by molar-refractivity contribution is 5.70. The topological polar surface area (TPSA) is 99.4 Å². The van der Waals surface area contributed by atoms with Crippen molar-refractivity contribution in [3.05, 3.63) is 64.4 Å². The third-order valence-corrected chi connectivity index (χ3v) is 12.5. The van der Waals surface area contributed by atoms with Crippen LogP contribution < -0.4 is 10.2 Å². The SMILES string of the molecule is CC[C@H](C1CCC(C(=O)O)CC1)N(C)c1nc2c(c(N[C@@H](CN3C4CCC[C@@H]3CC4)c3cn(C)nc3C)n1)C[C@H](c1cccc(F)c1)CC2. The summed E-state index contributed by atoms with van der Waals surface area (Å²) in [4.78, 5) is 27.3. The Balaban J connectivity index is 1.24. The molecule has 2 aliphatic carbocycles. The molecule has 5 atom stereocenters. The lowest BCUT2D eigenvalue weighted by Crippen LogP contribution is -2.43. The first-order chi connectivity index (χ1) is 23.7. The van der Waals surface area contributed by atoms with E-state index in [1.807, 2.05) is 23.9 Å². The minimum absolute atomic E-state index is 0.00914. The summed E-state index contributed by atoms with van der Waals surface area (Å²) in [6.07, 6.45) is 15.3. The van der Waals surface area contributed by atoms with Gasteiger partial charge in [-0.15, -0.1) is 0 Å². The van der Waals surface area contributed by atoms with Crippen LogP contribution >= 0.6 is 0 Å². The Morgan fingerprint density at radius 2 is 1.84 bits per heavy atom. The van der Waals surface area contributed by atoms with Crippen molar-refractivity contribution in [3.8, 4) is 0 Å². The van der Waals surface area contributed by atoms with Crippen LogP contribution in [0.1, 0.15) is 118 Å². The van der Waals surface area contributed by atoms with Crippen LogP contribution in [0.15, 0.2) is 30.5 Å². The van der Waals surface area contributed by atoms with E-state index in [0.717, 1.165) is 92.2 Å². The summed E-state index contributed by atoms with van der Waals surface area (Å²) in [5, 5.41) is 18.4. The second-order valence-electron chi connectivity index (χ2n) is 15.4. The Labute approximate surface area is 290 Å². The first-order valence-electron chi connectivity index (χ1n) is 18.8. The van der Waals surface area contributed by atoms with Gasteiger partial charge in [-0.1, -0.05) is 25.5 Å². The number of aromatic nitrogens is 4. The number of carboxylic acid groups (broad SMARTS) is 1. The molecule has 2 saturated heterocycles. The number of hydrogen-bond acceptors (Lipinski definition) is 7. The van der Waals surface area contributed by atoms with Crippen LogP contribution in [0.3, 0.4) is 0 Å². The molecule has 0 amide bonds. The number of benzene rings is 1. The molecule has 0 spiro atoms. The van der Waals surface area contributed by atoms with E-state index >= 15 is 0 Å². The molecule has 2 aliphatic heterocycles. The highest BCUT2D eigenvalue weighted by Gasteiger charge is 2.39. The molecule has 1 aromatic carbocycles. The van der Waals surface area contributed by atoms with Gasteiger partial charge in [-0.2, -0.15) is 10.1 Å². The fourth-order valence-corrected chi connectivity index (χ4v) is 9.82. The minimum Gasteiger partial charge on any atom is -0.481 e. The monoisotopic (exact) mass is 671 g/mol. The molecular weight excluding hydrogens is 617 g/mol. The second kappa shape index (κ2) is 14.4. The molecule has 0 radical (unpaired) electrons. The number of rotatable bonds is 11. The van der Waals surface area contributed by atoms with Gasteiger partial charge in [0.1, 0.15) is 11.6 Å². The van der Waals surface area contributed by atoms with Crippen LogP contribution in [-0.2, 0) is 24.7 Å². The van der Waals surface area contributed by atoms with Crippen LogP contribution in [0.5, 0.6) is 0 Å². The minimum atomic E-state index is -0.666. The lowest BCUT2D eigenvalue weighted by molar-refractivity contribution is -0.143. The normalized spacial score (nSPS) is 26.6. The van der Waals surface area contributed by atoms with Gasteiger partial charge in [0.15, 0.2) is 0 Å². The van der Waals surface area contributed by atoms with E-state index in [9.17, 15) is 14.3 Å². The number of hydrogen-bond donors (Lipinski definition) is 2. The number of anilines is 2. The molecule has 2 N–H and O–H groups in total. The Bertz CT molecular complexity index is 1620. The highest BCUT2D eigenvalue weighted by atomic mass is 19.1. The van der Waals surface area contributed by atoms with Crippen LogP contribution in [0.4, 0.5) is 16.2 Å². The quantitative estimate of drug-likeness (QED) is 0.221. The molecule has 2 bridgehead atoms. The molecule has 264 valence electrons. The number of nitrogens with zero attached hydrogens (tertiary/aromatic N) is 6. The summed E-state index contributed by atoms with van der Waals surface area (Å²) < 4.78 is 16.3. The van der Waals surface area contributed by atoms with E-state index in [0.29, 0.717) is 18.0 Å². The van der Waals surface area contributed by atoms with Gasteiger partial charge in [-0.25, -0.2) is 9.37 Å². The van der Waals surface area contributed by atoms with E-state index in [1.54, 1.807) is 6.07 Å². The number of nitrogens with one attached hydrogen (secondary N) is 1. The number of fused-ring (bicyclic) bond motifs is 3. The first-order valence-corrected chi connectivity index (χ1v) is 18.8. The Hall–Kier alpha value is -3.53. The third-order valence-electron chi connectivity index (χ3n) is 12.5. The smallest absolute Gasteiger partial charge is 0.306 e. The Kier molecular flexibility index (Phi) is 9.95. The van der Waals surface area contributed by atoms with Gasteiger partial charge < -0.3 is 15.3 Å². The molecule has 1 unspecified atom stereocenters. The molecule has 3 fully saturated rings. The van der Waals surface area contributed by atoms with Gasteiger partial charge in [0, 0.05) is 56.1 Å². The molecule has 10 heteroatoms. The van der Waals surface area contributed by atoms with Crippen LogP contribution in [-0.4, -0.2) is 67.4 Å². The second-order valence-corrected chi connectivity index (χ2v) is 15.4. The van der Waals surface area contributed by atoms with E-state index in [-0.39, 0.29) is 29.7 Å². The molecule has 4 aliphatic rings. The fourth-order valence-electron chi connectivity index (χ4n) is 9.82. The van der Waals surface area contributed by atoms with Crippen molar-refractivity contribution >= 4 is 17.7 Å². The molecule has 7 rings (SSSR count). The van der Waals surface area contributed by atoms with Crippen molar-refractivity contribution in [2.45, 2.75) is 127 Å². The van der Waals surface area contributed by atoms with Gasteiger partial charge in [-0.05, 0) is 114 Å². The fraction of sp³-hybridized carbons (Fsp3) is 0.641. The molecule has 9 nitrogen and oxygen atoms in total. The van der Waals surface area contributed by atoms with Crippen molar-refractivity contribution < 1.29 is 14.3 Å². The molecule has 2 aromatic heterocycles. The highest BCUT2D eigenvalue weighted by Crippen LogP contribution is 2.41. The number of piperidine rings is 1. The zero-order valence-electron chi connectivity index (χ0n) is 29.7. The first kappa shape index (κ1) is 33.9. The standard InChI is InChI=1S/C39H54FN7O2/c1-5-36(25-12-14-26(15-13-25)38(48)49)46(4)39-42-34-19-16-28(27-8-6-9-29(40)20-27)21-32(34)37(43-39)41-35(33-22-45(3)44-24(33)2)23-47-30-10-7-11-31(47)18-17-30/h6,8-9,20,22,25-26,28,30-31,35-36H,5,7,10-19,21,23H2,1-4H3,(H,48,49)(H,41,42,43)/t25?,26?,28-,30-,31?,35+,36-/m1/s1. The van der Waals surface area contributed by atoms with Gasteiger partial charge in [-0.3, -0.25) is 14.4 Å². The van der Waals surface area contributed by atoms with Crippen molar-refractivity contribution in [1.82, 2.24) is 24.6 Å². The maximum absolute atomic E-state index is 14.4. The summed E-state index contributed by atoms with van der Waals surface area (Å²) in [6.45, 7) is 5.23. The number of halogens is 1. The average Bonchev–Trinajstić information content (AvgIpc) is 3.53. The maximum atomic E-state index is 14.4. The largest absolute Gasteiger partial charge is 0.481 e. The van der Waals surface area contributed by atoms with Crippen molar-refractivity contribution in [3.63, 3.8) is 0 Å². The van der Waals surface area contributed by atoms with E-state index < -0.39 is 5.97 Å². The summed E-state index contributed by atoms with van der Waals surface area (Å²) >= 11 is 0. The van der Waals surface area contributed by atoms with Crippen molar-refractivity contribution in [2.24, 2.45) is 18.9 Å². The zero-order valence-corrected chi connectivity index (χ0v) is 29.7. The van der Waals surface area contributed by atoms with Gasteiger partial charge in [0.2, 0.25) is 5.95 Å². The third kappa shape index (κ3) is 7.08. The van der Waals surface area contributed by atoms with Gasteiger partial charge in [0.05, 0.1) is 23.3 Å². The summed E-state index contributed by atoms with van der Waals surface area (Å²) in [6, 6.07) is 8.58. The van der Waals surface area contributed by atoms with Crippen LogP contribution in [0, 0.1) is 24.6 Å². The molecule has 3 aromatic rings. The molecule has 4 heterocycles. The maximum Gasteiger partial charge on any atom is 0.306 e. The number of carbonyl (C=O) groups is 1. The predicted octanol–water partition coefficient (Wildman–Crippen LogP) is 7.21. The van der Waals surface area contributed by atoms with Crippen molar-refractivity contribution in [1.29, 1.82) is 0 Å². The summed E-state index contributed by atoms with van der Waals surface area (Å²) in [7, 11) is 4.12. The average molecular weight is 672 g/mol. The zero-order chi connectivity index (χ0) is 34.2. The van der Waals surface area contributed by atoms with E-state index in [1.165, 1.54) is 43.7 Å². The Morgan fingerprint density at radius 1 is 1.08 bits per heavy atom. The summed E-state index contributed by atoms with van der Waals surface area (Å²) in [5.74, 6) is 1.12. The van der Waals surface area contributed by atoms with Gasteiger partial charge >= 0.3 is 5.97 Å². The van der Waals surface area contributed by atoms with Gasteiger partial charge in [0.25, 0.3) is 0 Å². The van der Waals surface area contributed by atoms with Crippen LogP contribution in [0.25, 0.3) is 0 Å². The number of aliphatic carboxylic acids is 1. The lowest BCUT2D eigenvalue weighted by Gasteiger charge is -2.39. The summed E-state index contributed by atoms with van der Waals surface area (Å²) in [5.41, 5.74) is 5.49. The van der Waals surface area contributed by atoms with Crippen LogP contribution in [0.2, 0.25) is 0 Å². The van der Waals surface area contributed by atoms with E-state index in [4.69, 9.17) is 15.1 Å². The van der Waals surface area contributed by atoms with E-state index in [2.05, 4.69) is 42.2 Å². The molecule has 1 saturated carbocycles. The number of aryl methyl sites for hydroxylation is 3. The molecular formula is C39H54FN7O2. The molecule has 49 heavy (non-hydrogen) atoms. The Morgan fingerprint density at radius 3 is 2.49 bits per heavy atom. The lowest BCUT2D eigenvalue weighted by atomic mass is 9.77. The predicted molar refractivity (Wildman–Crippen MR) is 190 cm³/mol. The van der Waals surface area contributed by atoms with Crippen molar-refractivity contribution in [2.75, 3.05) is 23.8 Å².